The van der Waals surface area contributed by atoms with E-state index in [0.29, 0.717) is 0 Å². The first kappa shape index (κ1) is 15.2. The molecule has 0 aliphatic heterocycles. The van der Waals surface area contributed by atoms with Gasteiger partial charge in [-0.2, -0.15) is 0 Å². The van der Waals surface area contributed by atoms with Crippen LogP contribution in [0.1, 0.15) is 53.4 Å². The van der Waals surface area contributed by atoms with Crippen LogP contribution in [-0.4, -0.2) is 12.5 Å². The van der Waals surface area contributed by atoms with Gasteiger partial charge in [0.25, 0.3) is 0 Å². The summed E-state index contributed by atoms with van der Waals surface area (Å²) in [4.78, 5) is 11.6. The van der Waals surface area contributed by atoms with E-state index in [1.54, 1.807) is 6.08 Å². The number of nitrogens with one attached hydrogen (secondary N) is 1. The van der Waals surface area contributed by atoms with Crippen LogP contribution in [0.3, 0.4) is 0 Å². The molecule has 0 spiro atoms. The summed E-state index contributed by atoms with van der Waals surface area (Å²) in [5.41, 5.74) is -0.197. The molecule has 0 heterocycles. The molecule has 0 bridgehead atoms. The zero-order valence-electron chi connectivity index (χ0n) is 11.3. The molecule has 0 aromatic heterocycles. The lowest BCUT2D eigenvalue weighted by Gasteiger charge is -2.11. The molecule has 2 heteroatoms. The summed E-state index contributed by atoms with van der Waals surface area (Å²) in [6, 6.07) is 0. The highest BCUT2D eigenvalue weighted by Gasteiger charge is 2.46. The Bertz CT molecular complexity index is 217. The Morgan fingerprint density at radius 3 is 2.38 bits per heavy atom. The third-order valence-corrected chi connectivity index (χ3v) is 2.88. The van der Waals surface area contributed by atoms with Crippen LogP contribution in [0.5, 0.6) is 0 Å². The summed E-state index contributed by atoms with van der Waals surface area (Å²) in [5.74, 6) is 0.900. The van der Waals surface area contributed by atoms with Gasteiger partial charge < -0.3 is 5.32 Å². The van der Waals surface area contributed by atoms with Crippen molar-refractivity contribution in [3.05, 3.63) is 12.7 Å². The largest absolute Gasteiger partial charge is 0.355 e. The molecule has 1 amide bonds. The maximum absolute atomic E-state index is 11.6. The van der Waals surface area contributed by atoms with E-state index in [-0.39, 0.29) is 11.3 Å². The molecule has 0 saturated heterocycles. The first-order valence-corrected chi connectivity index (χ1v) is 6.52. The smallest absolute Gasteiger partial charge is 0.230 e. The molecule has 1 fully saturated rings. The zero-order chi connectivity index (χ0) is 12.6. The topological polar surface area (TPSA) is 29.1 Å². The van der Waals surface area contributed by atoms with Crippen molar-refractivity contribution in [1.29, 1.82) is 0 Å². The van der Waals surface area contributed by atoms with E-state index in [2.05, 4.69) is 25.7 Å². The molecule has 1 rings (SSSR count). The molecule has 0 aromatic rings. The van der Waals surface area contributed by atoms with Gasteiger partial charge in [-0.05, 0) is 31.6 Å². The summed E-state index contributed by atoms with van der Waals surface area (Å²) >= 11 is 0. The van der Waals surface area contributed by atoms with Crippen LogP contribution in [-0.2, 0) is 4.79 Å². The number of rotatable bonds is 6. The summed E-state index contributed by atoms with van der Waals surface area (Å²) in [6.07, 6.45) is 6.02. The highest BCUT2D eigenvalue weighted by molar-refractivity contribution is 5.87. The molecule has 0 atom stereocenters. The first-order valence-electron chi connectivity index (χ1n) is 6.52. The van der Waals surface area contributed by atoms with Crippen LogP contribution in [0, 0.1) is 11.3 Å². The fraction of sp³-hybridized carbons (Fsp3) is 0.786. The van der Waals surface area contributed by atoms with Crippen molar-refractivity contribution in [2.75, 3.05) is 6.54 Å². The molecular formula is C14H27NO. The molecule has 94 valence electrons. The molecule has 1 saturated carbocycles. The molecule has 1 aliphatic carbocycles. The first-order chi connectivity index (χ1) is 7.60. The highest BCUT2D eigenvalue weighted by Crippen LogP contribution is 2.46. The summed E-state index contributed by atoms with van der Waals surface area (Å²) < 4.78 is 0. The maximum atomic E-state index is 11.6. The second kappa shape index (κ2) is 7.48. The Kier molecular flexibility index (Phi) is 7.11. The van der Waals surface area contributed by atoms with Crippen LogP contribution in [0.4, 0.5) is 0 Å². The van der Waals surface area contributed by atoms with Gasteiger partial charge in [0, 0.05) is 6.54 Å². The SMILES string of the molecule is C=CC1(C(=O)NCCCC(C)C)CC1.CC. The quantitative estimate of drug-likeness (QED) is 0.544. The third kappa shape index (κ3) is 4.82. The monoisotopic (exact) mass is 225 g/mol. The van der Waals surface area contributed by atoms with E-state index in [0.717, 1.165) is 31.7 Å². The molecule has 16 heavy (non-hydrogen) atoms. The van der Waals surface area contributed by atoms with Crippen molar-refractivity contribution in [2.24, 2.45) is 11.3 Å². The number of hydrogen-bond donors (Lipinski definition) is 1. The maximum Gasteiger partial charge on any atom is 0.230 e. The Morgan fingerprint density at radius 1 is 1.44 bits per heavy atom. The van der Waals surface area contributed by atoms with E-state index in [1.165, 1.54) is 6.42 Å². The van der Waals surface area contributed by atoms with Crippen LogP contribution in [0.25, 0.3) is 0 Å². The standard InChI is InChI=1S/C12H21NO.C2H6/c1-4-12(7-8-12)11(14)13-9-5-6-10(2)3;1-2/h4,10H,1,5-9H2,2-3H3,(H,13,14);1-2H3. The zero-order valence-corrected chi connectivity index (χ0v) is 11.3. The number of hydrogen-bond acceptors (Lipinski definition) is 1. The van der Waals surface area contributed by atoms with Gasteiger partial charge >= 0.3 is 0 Å². The van der Waals surface area contributed by atoms with E-state index in [1.807, 2.05) is 13.8 Å². The predicted molar refractivity (Wildman–Crippen MR) is 70.3 cm³/mol. The fourth-order valence-corrected chi connectivity index (χ4v) is 1.55. The van der Waals surface area contributed by atoms with Crippen molar-refractivity contribution in [1.82, 2.24) is 5.32 Å². The number of amides is 1. The lowest BCUT2D eigenvalue weighted by Crippen LogP contribution is -2.31. The Hall–Kier alpha value is -0.790. The van der Waals surface area contributed by atoms with Gasteiger partial charge in [-0.15, -0.1) is 6.58 Å². The average molecular weight is 225 g/mol. The second-order valence-electron chi connectivity index (χ2n) is 4.65. The second-order valence-corrected chi connectivity index (χ2v) is 4.65. The van der Waals surface area contributed by atoms with Crippen molar-refractivity contribution in [2.45, 2.75) is 53.4 Å². The van der Waals surface area contributed by atoms with Crippen LogP contribution >= 0.6 is 0 Å². The van der Waals surface area contributed by atoms with Crippen LogP contribution in [0.2, 0.25) is 0 Å². The number of carbonyl (C=O) groups excluding carboxylic acids is 1. The predicted octanol–water partition coefficient (Wildman–Crippen LogP) is 3.53. The lowest BCUT2D eigenvalue weighted by molar-refractivity contribution is -0.124. The van der Waals surface area contributed by atoms with E-state index < -0.39 is 0 Å². The molecular weight excluding hydrogens is 198 g/mol. The van der Waals surface area contributed by atoms with Crippen LogP contribution < -0.4 is 5.32 Å². The van der Waals surface area contributed by atoms with E-state index >= 15 is 0 Å². The van der Waals surface area contributed by atoms with Crippen molar-refractivity contribution < 1.29 is 4.79 Å². The van der Waals surface area contributed by atoms with Gasteiger partial charge in [0.15, 0.2) is 0 Å². The van der Waals surface area contributed by atoms with Gasteiger partial charge in [-0.1, -0.05) is 33.8 Å². The Balaban J connectivity index is 0.00000106. The van der Waals surface area contributed by atoms with Crippen LogP contribution in [0.15, 0.2) is 12.7 Å². The van der Waals surface area contributed by atoms with Crippen molar-refractivity contribution >= 4 is 5.91 Å². The Labute approximate surface area is 101 Å². The average Bonchev–Trinajstić information content (AvgIpc) is 3.07. The summed E-state index contributed by atoms with van der Waals surface area (Å²) in [6.45, 7) is 12.9. The molecule has 1 aliphatic rings. The van der Waals surface area contributed by atoms with Gasteiger partial charge in [0.1, 0.15) is 0 Å². The summed E-state index contributed by atoms with van der Waals surface area (Å²) in [7, 11) is 0. The third-order valence-electron chi connectivity index (χ3n) is 2.88. The van der Waals surface area contributed by atoms with Gasteiger partial charge in [-0.25, -0.2) is 0 Å². The van der Waals surface area contributed by atoms with Gasteiger partial charge in [-0.3, -0.25) is 4.79 Å². The Morgan fingerprint density at radius 2 is 2.00 bits per heavy atom. The minimum absolute atomic E-state index is 0.177. The van der Waals surface area contributed by atoms with Gasteiger partial charge in [0.2, 0.25) is 5.91 Å². The molecule has 1 N–H and O–H groups in total. The lowest BCUT2D eigenvalue weighted by atomic mass is 10.1. The van der Waals surface area contributed by atoms with Crippen molar-refractivity contribution in [3.8, 4) is 0 Å². The molecule has 0 radical (unpaired) electrons. The minimum Gasteiger partial charge on any atom is -0.355 e. The van der Waals surface area contributed by atoms with E-state index in [9.17, 15) is 4.79 Å². The molecule has 2 nitrogen and oxygen atoms in total. The fourth-order valence-electron chi connectivity index (χ4n) is 1.55. The molecule has 0 unspecified atom stereocenters. The number of carbonyl (C=O) groups is 1. The molecule has 0 aromatic carbocycles. The van der Waals surface area contributed by atoms with Crippen molar-refractivity contribution in [3.63, 3.8) is 0 Å². The minimum atomic E-state index is -0.197. The highest BCUT2D eigenvalue weighted by atomic mass is 16.2. The normalized spacial score (nSPS) is 16.1. The van der Waals surface area contributed by atoms with Gasteiger partial charge in [0.05, 0.1) is 5.41 Å². The summed E-state index contributed by atoms with van der Waals surface area (Å²) in [5, 5.41) is 2.98. The van der Waals surface area contributed by atoms with E-state index in [4.69, 9.17) is 0 Å².